The summed E-state index contributed by atoms with van der Waals surface area (Å²) in [6.45, 7) is 4.98. The van der Waals surface area contributed by atoms with Crippen LogP contribution in [-0.2, 0) is 32.2 Å². The zero-order chi connectivity index (χ0) is 31.0. The number of hydrogen-bond acceptors (Lipinski definition) is 6. The Balaban J connectivity index is 1.45. The van der Waals surface area contributed by atoms with E-state index in [1.54, 1.807) is 12.1 Å². The first-order valence-electron chi connectivity index (χ1n) is 13.3. The third kappa shape index (κ3) is 6.35. The van der Waals surface area contributed by atoms with Crippen LogP contribution < -0.4 is 10.2 Å². The van der Waals surface area contributed by atoms with Crippen molar-refractivity contribution in [2.75, 3.05) is 36.9 Å². The van der Waals surface area contributed by atoms with E-state index in [0.717, 1.165) is 22.8 Å². The Morgan fingerprint density at radius 3 is 2.31 bits per heavy atom. The summed E-state index contributed by atoms with van der Waals surface area (Å²) in [5, 5.41) is 11.8. The maximum absolute atomic E-state index is 13.7. The number of nitrogens with zero attached hydrogens (tertiary/aromatic N) is 3. The maximum atomic E-state index is 13.7. The fourth-order valence-electron chi connectivity index (χ4n) is 5.47. The molecule has 2 heterocycles. The zero-order valence-corrected chi connectivity index (χ0v) is 24.2. The number of anilines is 1. The van der Waals surface area contributed by atoms with Crippen molar-refractivity contribution in [2.45, 2.75) is 51.7 Å². The molecule has 2 N–H and O–H groups in total. The number of aliphatic imine (C=N–C) groups is 1. The molecule has 0 aliphatic carbocycles. The standard InChI is InChI=1S/C28H32F4N4O5S/c1-17-14-21(36(11-12-37)19(3)38)15-18(2)22(17)6-13-42(40,41)35-9-7-27(8-10-35)26(39)33-25(34-27)20-4-5-24(29)23(16-20)28(30,31)32/h4-5,14-16,37H,6-13H2,1-3H3,(H,33,34,39). The minimum absolute atomic E-state index is 0.00458. The van der Waals surface area contributed by atoms with Crippen molar-refractivity contribution in [1.82, 2.24) is 9.62 Å². The summed E-state index contributed by atoms with van der Waals surface area (Å²) in [7, 11) is -3.73. The van der Waals surface area contributed by atoms with E-state index in [1.807, 2.05) is 13.8 Å². The quantitative estimate of drug-likeness (QED) is 0.445. The van der Waals surface area contributed by atoms with Crippen LogP contribution in [-0.4, -0.2) is 73.0 Å². The molecule has 2 aliphatic heterocycles. The number of benzene rings is 2. The molecule has 0 atom stereocenters. The van der Waals surface area contributed by atoms with E-state index < -0.39 is 39.0 Å². The number of rotatable bonds is 8. The van der Waals surface area contributed by atoms with Crippen molar-refractivity contribution >= 4 is 33.4 Å². The first-order valence-corrected chi connectivity index (χ1v) is 14.9. The molecule has 0 bridgehead atoms. The van der Waals surface area contributed by atoms with Gasteiger partial charge in [-0.05, 0) is 80.1 Å². The summed E-state index contributed by atoms with van der Waals surface area (Å²) in [5.74, 6) is -2.51. The summed E-state index contributed by atoms with van der Waals surface area (Å²) in [6, 6.07) is 5.92. The molecule has 0 aromatic heterocycles. The van der Waals surface area contributed by atoms with Gasteiger partial charge in [-0.1, -0.05) is 0 Å². The SMILES string of the molecule is CC(=O)N(CCO)c1cc(C)c(CCS(=O)(=O)N2CCC3(CC2)N=C(c2ccc(F)c(C(F)(F)F)c2)NC3=O)c(C)c1. The molecule has 1 fully saturated rings. The lowest BCUT2D eigenvalue weighted by Gasteiger charge is -2.34. The van der Waals surface area contributed by atoms with Crippen LogP contribution in [0.3, 0.4) is 0 Å². The Bertz CT molecular complexity index is 1510. The normalized spacial score (nSPS) is 17.3. The summed E-state index contributed by atoms with van der Waals surface area (Å²) >= 11 is 0. The van der Waals surface area contributed by atoms with Gasteiger partial charge >= 0.3 is 6.18 Å². The number of aliphatic hydroxyl groups excluding tert-OH is 1. The fourth-order valence-corrected chi connectivity index (χ4v) is 6.92. The van der Waals surface area contributed by atoms with Crippen molar-refractivity contribution in [3.05, 3.63) is 64.0 Å². The highest BCUT2D eigenvalue weighted by molar-refractivity contribution is 7.89. The number of sulfonamides is 1. The van der Waals surface area contributed by atoms with Gasteiger partial charge in [0.15, 0.2) is 0 Å². The molecule has 0 radical (unpaired) electrons. The van der Waals surface area contributed by atoms with Crippen LogP contribution in [0.15, 0.2) is 35.3 Å². The molecule has 2 aromatic rings. The van der Waals surface area contributed by atoms with Crippen LogP contribution in [0.1, 0.15) is 47.6 Å². The van der Waals surface area contributed by atoms with Crippen molar-refractivity contribution in [2.24, 2.45) is 4.99 Å². The molecule has 4 rings (SSSR count). The summed E-state index contributed by atoms with van der Waals surface area (Å²) < 4.78 is 81.0. The van der Waals surface area contributed by atoms with E-state index in [9.17, 15) is 40.7 Å². The Kier molecular flexibility index (Phi) is 8.82. The second kappa shape index (κ2) is 11.7. The van der Waals surface area contributed by atoms with E-state index >= 15 is 0 Å². The van der Waals surface area contributed by atoms with E-state index in [-0.39, 0.29) is 68.6 Å². The monoisotopic (exact) mass is 612 g/mol. The number of alkyl halides is 3. The van der Waals surface area contributed by atoms with Gasteiger partial charge < -0.3 is 15.3 Å². The summed E-state index contributed by atoms with van der Waals surface area (Å²) in [4.78, 5) is 30.6. The minimum Gasteiger partial charge on any atom is -0.395 e. The van der Waals surface area contributed by atoms with Crippen molar-refractivity contribution in [3.8, 4) is 0 Å². The number of carbonyl (C=O) groups excluding carboxylic acids is 2. The van der Waals surface area contributed by atoms with Gasteiger partial charge in [0.25, 0.3) is 5.91 Å². The molecule has 42 heavy (non-hydrogen) atoms. The predicted molar refractivity (Wildman–Crippen MR) is 148 cm³/mol. The third-order valence-corrected chi connectivity index (χ3v) is 9.65. The molecule has 9 nitrogen and oxygen atoms in total. The zero-order valence-electron chi connectivity index (χ0n) is 23.4. The molecule has 2 amide bonds. The number of aliphatic hydroxyl groups is 1. The highest BCUT2D eigenvalue weighted by atomic mass is 32.2. The van der Waals surface area contributed by atoms with Gasteiger partial charge in [0, 0.05) is 37.8 Å². The highest BCUT2D eigenvalue weighted by Gasteiger charge is 2.47. The third-order valence-electron chi connectivity index (χ3n) is 7.77. The number of nitrogens with one attached hydrogen (secondary N) is 1. The van der Waals surface area contributed by atoms with E-state index in [4.69, 9.17) is 0 Å². The Morgan fingerprint density at radius 2 is 1.76 bits per heavy atom. The van der Waals surface area contributed by atoms with Crippen LogP contribution in [0.4, 0.5) is 23.2 Å². The van der Waals surface area contributed by atoms with Gasteiger partial charge in [0.2, 0.25) is 15.9 Å². The first kappa shape index (κ1) is 31.6. The molecule has 2 aliphatic rings. The molecular formula is C28H32F4N4O5S. The molecule has 0 unspecified atom stereocenters. The number of amidine groups is 1. The molecule has 1 spiro atoms. The van der Waals surface area contributed by atoms with Crippen molar-refractivity contribution in [1.29, 1.82) is 0 Å². The molecule has 14 heteroatoms. The van der Waals surface area contributed by atoms with Gasteiger partial charge in [-0.25, -0.2) is 17.1 Å². The van der Waals surface area contributed by atoms with Gasteiger partial charge in [-0.2, -0.15) is 13.2 Å². The number of aryl methyl sites for hydroxylation is 2. The minimum atomic E-state index is -4.92. The van der Waals surface area contributed by atoms with Crippen molar-refractivity contribution < 1.29 is 40.7 Å². The second-order valence-electron chi connectivity index (χ2n) is 10.6. The molecule has 228 valence electrons. The van der Waals surface area contributed by atoms with E-state index in [1.165, 1.54) is 16.1 Å². The van der Waals surface area contributed by atoms with Crippen molar-refractivity contribution in [3.63, 3.8) is 0 Å². The maximum Gasteiger partial charge on any atom is 0.419 e. The van der Waals surface area contributed by atoms with E-state index in [0.29, 0.717) is 17.8 Å². The van der Waals surface area contributed by atoms with Crippen LogP contribution >= 0.6 is 0 Å². The number of hydrogen-bond donors (Lipinski definition) is 2. The van der Waals surface area contributed by atoms with Gasteiger partial charge in [0.1, 0.15) is 17.2 Å². The Hall–Kier alpha value is -3.36. The molecule has 1 saturated heterocycles. The molecular weight excluding hydrogens is 580 g/mol. The number of halogens is 4. The molecule has 0 saturated carbocycles. The lowest BCUT2D eigenvalue weighted by atomic mass is 9.89. The predicted octanol–water partition coefficient (Wildman–Crippen LogP) is 3.09. The lowest BCUT2D eigenvalue weighted by molar-refractivity contribution is -0.140. The number of piperidine rings is 1. The summed E-state index contributed by atoms with van der Waals surface area (Å²) in [6.07, 6.45) is -4.63. The van der Waals surface area contributed by atoms with Crippen LogP contribution in [0.2, 0.25) is 0 Å². The largest absolute Gasteiger partial charge is 0.419 e. The first-order chi connectivity index (χ1) is 19.6. The van der Waals surface area contributed by atoms with Crippen LogP contribution in [0.25, 0.3) is 0 Å². The Morgan fingerprint density at radius 1 is 1.14 bits per heavy atom. The second-order valence-corrected chi connectivity index (χ2v) is 12.6. The number of amides is 2. The van der Waals surface area contributed by atoms with Gasteiger partial charge in [0.05, 0.1) is 17.9 Å². The lowest BCUT2D eigenvalue weighted by Crippen LogP contribution is -2.50. The van der Waals surface area contributed by atoms with Gasteiger partial charge in [-0.3, -0.25) is 14.6 Å². The highest BCUT2D eigenvalue weighted by Crippen LogP contribution is 2.35. The average molecular weight is 613 g/mol. The van der Waals surface area contributed by atoms with Gasteiger partial charge in [-0.15, -0.1) is 0 Å². The fraction of sp³-hybridized carbons (Fsp3) is 0.464. The van der Waals surface area contributed by atoms with E-state index in [2.05, 4.69) is 10.3 Å². The van der Waals surface area contributed by atoms with Crippen LogP contribution in [0, 0.1) is 19.7 Å². The molecule has 2 aromatic carbocycles. The Labute approximate surface area is 241 Å². The number of carbonyl (C=O) groups is 2. The average Bonchev–Trinajstić information content (AvgIpc) is 3.21. The smallest absolute Gasteiger partial charge is 0.395 e. The summed E-state index contributed by atoms with van der Waals surface area (Å²) in [5.41, 5.74) is 0.161. The topological polar surface area (TPSA) is 119 Å². The van der Waals surface area contributed by atoms with Crippen LogP contribution in [0.5, 0.6) is 0 Å².